The summed E-state index contributed by atoms with van der Waals surface area (Å²) in [6, 6.07) is 0.626. The number of piperidine rings is 1. The number of hydrogen-bond acceptors (Lipinski definition) is 4. The third-order valence-electron chi connectivity index (χ3n) is 3.47. The number of aromatic nitrogens is 2. The predicted molar refractivity (Wildman–Crippen MR) is 58.8 cm³/mol. The van der Waals surface area contributed by atoms with E-state index < -0.39 is 0 Å². The zero-order valence-corrected chi connectivity index (χ0v) is 9.12. The summed E-state index contributed by atoms with van der Waals surface area (Å²) >= 11 is 0. The van der Waals surface area contributed by atoms with Crippen LogP contribution in [0.1, 0.15) is 11.4 Å². The molecule has 0 amide bonds. The minimum absolute atomic E-state index is 0.626. The lowest BCUT2D eigenvalue weighted by Gasteiger charge is -2.10. The third-order valence-corrected chi connectivity index (χ3v) is 3.47. The minimum atomic E-state index is 0.626. The summed E-state index contributed by atoms with van der Waals surface area (Å²) in [6.07, 6.45) is 1.82. The van der Waals surface area contributed by atoms with Gasteiger partial charge in [0.25, 0.3) is 0 Å². The second-order valence-electron chi connectivity index (χ2n) is 4.60. The Bertz CT molecular complexity index is 380. The average molecular weight is 204 g/mol. The van der Waals surface area contributed by atoms with Crippen LogP contribution in [0.4, 0.5) is 5.82 Å². The van der Waals surface area contributed by atoms with Crippen molar-refractivity contribution in [3.8, 4) is 0 Å². The molecule has 1 aliphatic carbocycles. The topological polar surface area (TPSA) is 49.8 Å². The summed E-state index contributed by atoms with van der Waals surface area (Å²) in [5, 5.41) is 6.90. The van der Waals surface area contributed by atoms with Crippen LogP contribution in [0.2, 0.25) is 0 Å². The second-order valence-corrected chi connectivity index (χ2v) is 4.60. The van der Waals surface area contributed by atoms with Gasteiger partial charge in [-0.3, -0.25) is 4.98 Å². The summed E-state index contributed by atoms with van der Waals surface area (Å²) in [6.45, 7) is 6.29. The van der Waals surface area contributed by atoms with Crippen LogP contribution in [0.15, 0.2) is 6.20 Å². The van der Waals surface area contributed by atoms with Gasteiger partial charge in [-0.15, -0.1) is 0 Å². The Kier molecular flexibility index (Phi) is 1.92. The molecule has 2 unspecified atom stereocenters. The lowest BCUT2D eigenvalue weighted by atomic mass is 10.3. The molecule has 3 rings (SSSR count). The molecular weight excluding hydrogens is 188 g/mol. The van der Waals surface area contributed by atoms with Gasteiger partial charge in [0.2, 0.25) is 0 Å². The number of fused-ring (bicyclic) bond motifs is 1. The normalized spacial score (nSPS) is 32.5. The molecule has 0 bridgehead atoms. The number of nitrogens with zero attached hydrogens (tertiary/aromatic N) is 2. The summed E-state index contributed by atoms with van der Waals surface area (Å²) in [5.41, 5.74) is 1.98. The molecule has 0 aromatic carbocycles. The number of nitrogens with one attached hydrogen (secondary N) is 2. The van der Waals surface area contributed by atoms with Gasteiger partial charge in [0.05, 0.1) is 11.4 Å². The van der Waals surface area contributed by atoms with E-state index in [1.54, 1.807) is 0 Å². The van der Waals surface area contributed by atoms with Gasteiger partial charge in [-0.25, -0.2) is 4.98 Å². The van der Waals surface area contributed by atoms with Crippen molar-refractivity contribution in [3.05, 3.63) is 17.6 Å². The van der Waals surface area contributed by atoms with Crippen molar-refractivity contribution in [1.29, 1.82) is 0 Å². The van der Waals surface area contributed by atoms with Crippen LogP contribution in [0.5, 0.6) is 0 Å². The number of anilines is 1. The van der Waals surface area contributed by atoms with E-state index in [1.165, 1.54) is 0 Å². The van der Waals surface area contributed by atoms with Gasteiger partial charge in [-0.1, -0.05) is 0 Å². The zero-order chi connectivity index (χ0) is 10.4. The van der Waals surface area contributed by atoms with E-state index in [1.807, 2.05) is 20.0 Å². The number of hydrogen-bond donors (Lipinski definition) is 2. The van der Waals surface area contributed by atoms with E-state index >= 15 is 0 Å². The van der Waals surface area contributed by atoms with E-state index in [0.29, 0.717) is 6.04 Å². The van der Waals surface area contributed by atoms with Crippen LogP contribution in [-0.4, -0.2) is 29.1 Å². The maximum absolute atomic E-state index is 4.49. The van der Waals surface area contributed by atoms with Gasteiger partial charge < -0.3 is 10.6 Å². The first-order valence-corrected chi connectivity index (χ1v) is 5.53. The Hall–Kier alpha value is -1.16. The summed E-state index contributed by atoms with van der Waals surface area (Å²) in [5.74, 6) is 2.59. The monoisotopic (exact) mass is 204 g/mol. The fourth-order valence-electron chi connectivity index (χ4n) is 2.46. The van der Waals surface area contributed by atoms with E-state index in [-0.39, 0.29) is 0 Å². The van der Waals surface area contributed by atoms with Crippen LogP contribution >= 0.6 is 0 Å². The quantitative estimate of drug-likeness (QED) is 0.745. The van der Waals surface area contributed by atoms with Crippen molar-refractivity contribution < 1.29 is 0 Å². The van der Waals surface area contributed by atoms with Crippen LogP contribution in [0.3, 0.4) is 0 Å². The highest BCUT2D eigenvalue weighted by Crippen LogP contribution is 2.43. The third kappa shape index (κ3) is 1.49. The molecule has 1 aromatic heterocycles. The molecule has 80 valence electrons. The first-order valence-electron chi connectivity index (χ1n) is 5.53. The van der Waals surface area contributed by atoms with Gasteiger partial charge in [0.15, 0.2) is 0 Å². The first-order chi connectivity index (χ1) is 7.25. The molecule has 4 heteroatoms. The number of aryl methyl sites for hydroxylation is 2. The summed E-state index contributed by atoms with van der Waals surface area (Å²) in [7, 11) is 0. The first kappa shape index (κ1) is 9.09. The molecule has 2 N–H and O–H groups in total. The van der Waals surface area contributed by atoms with Crippen molar-refractivity contribution in [2.24, 2.45) is 11.8 Å². The lowest BCUT2D eigenvalue weighted by Crippen LogP contribution is -2.22. The molecule has 15 heavy (non-hydrogen) atoms. The molecule has 2 heterocycles. The molecule has 2 atom stereocenters. The molecule has 4 nitrogen and oxygen atoms in total. The molecule has 1 aliphatic heterocycles. The molecule has 1 saturated heterocycles. The SMILES string of the molecule is Cc1cnc(C)c(NC2C3CNCC32)n1. The fourth-order valence-corrected chi connectivity index (χ4v) is 2.46. The Morgan fingerprint density at radius 1 is 1.33 bits per heavy atom. The molecular formula is C11H16N4. The van der Waals surface area contributed by atoms with Gasteiger partial charge in [0.1, 0.15) is 5.82 Å². The molecule has 1 saturated carbocycles. The van der Waals surface area contributed by atoms with Crippen LogP contribution < -0.4 is 10.6 Å². The van der Waals surface area contributed by atoms with Gasteiger partial charge in [-0.2, -0.15) is 0 Å². The Balaban J connectivity index is 1.74. The van der Waals surface area contributed by atoms with Crippen LogP contribution in [-0.2, 0) is 0 Å². The molecule has 2 aliphatic rings. The van der Waals surface area contributed by atoms with Crippen molar-refractivity contribution in [1.82, 2.24) is 15.3 Å². The van der Waals surface area contributed by atoms with E-state index in [0.717, 1.165) is 42.1 Å². The number of rotatable bonds is 2. The van der Waals surface area contributed by atoms with Crippen LogP contribution in [0.25, 0.3) is 0 Å². The molecule has 0 radical (unpaired) electrons. The fraction of sp³-hybridized carbons (Fsp3) is 0.636. The maximum atomic E-state index is 4.49. The largest absolute Gasteiger partial charge is 0.365 e. The van der Waals surface area contributed by atoms with Crippen molar-refractivity contribution in [2.75, 3.05) is 18.4 Å². The Morgan fingerprint density at radius 3 is 2.80 bits per heavy atom. The Labute approximate surface area is 89.5 Å². The van der Waals surface area contributed by atoms with Gasteiger partial charge in [0, 0.05) is 25.3 Å². The maximum Gasteiger partial charge on any atom is 0.147 e. The minimum Gasteiger partial charge on any atom is -0.365 e. The van der Waals surface area contributed by atoms with Gasteiger partial charge in [-0.05, 0) is 25.7 Å². The smallest absolute Gasteiger partial charge is 0.147 e. The highest BCUT2D eigenvalue weighted by molar-refractivity contribution is 5.43. The van der Waals surface area contributed by atoms with E-state index in [9.17, 15) is 0 Å². The Morgan fingerprint density at radius 2 is 2.07 bits per heavy atom. The van der Waals surface area contributed by atoms with Crippen molar-refractivity contribution in [2.45, 2.75) is 19.9 Å². The second kappa shape index (κ2) is 3.17. The average Bonchev–Trinajstić information content (AvgIpc) is 2.68. The van der Waals surface area contributed by atoms with E-state index in [2.05, 4.69) is 20.6 Å². The molecule has 2 fully saturated rings. The summed E-state index contributed by atoms with van der Waals surface area (Å²) < 4.78 is 0. The summed E-state index contributed by atoms with van der Waals surface area (Å²) in [4.78, 5) is 8.80. The van der Waals surface area contributed by atoms with Crippen molar-refractivity contribution in [3.63, 3.8) is 0 Å². The van der Waals surface area contributed by atoms with Crippen molar-refractivity contribution >= 4 is 5.82 Å². The predicted octanol–water partition coefficient (Wildman–Crippen LogP) is 0.723. The van der Waals surface area contributed by atoms with Crippen LogP contribution in [0, 0.1) is 25.7 Å². The highest BCUT2D eigenvalue weighted by atomic mass is 15.1. The standard InChI is InChI=1S/C11H16N4/c1-6-3-13-7(2)11(14-6)15-10-8-4-12-5-9(8)10/h3,8-10,12H,4-5H2,1-2H3,(H,14,15). The zero-order valence-electron chi connectivity index (χ0n) is 9.12. The van der Waals surface area contributed by atoms with E-state index in [4.69, 9.17) is 0 Å². The molecule has 0 spiro atoms. The molecule has 1 aromatic rings. The lowest BCUT2D eigenvalue weighted by molar-refractivity contribution is 0.694. The highest BCUT2D eigenvalue weighted by Gasteiger charge is 2.53. The van der Waals surface area contributed by atoms with Gasteiger partial charge >= 0.3 is 0 Å².